The number of carbonyl (C=O) groups is 4. The predicted octanol–water partition coefficient (Wildman–Crippen LogP) is 11.3. The highest BCUT2D eigenvalue weighted by molar-refractivity contribution is 6.31. The van der Waals surface area contributed by atoms with Gasteiger partial charge in [-0.15, -0.1) is 0 Å². The molecular weight excluding hydrogens is 994 g/mol. The number of anilines is 4. The van der Waals surface area contributed by atoms with Crippen molar-refractivity contribution in [3.63, 3.8) is 0 Å². The van der Waals surface area contributed by atoms with Gasteiger partial charge in [0.1, 0.15) is 34.8 Å². The topological polar surface area (TPSA) is 204 Å². The third kappa shape index (κ3) is 11.2. The molecule has 4 amide bonds. The fourth-order valence-corrected chi connectivity index (χ4v) is 8.37. The monoisotopic (exact) mass is 1030 g/mol. The number of non-ortho nitro benzene ring substituents is 1. The average Bonchev–Trinajstić information content (AvgIpc) is 3.41. The van der Waals surface area contributed by atoms with Gasteiger partial charge in [0, 0.05) is 55.6 Å². The molecule has 0 saturated carbocycles. The lowest BCUT2D eigenvalue weighted by atomic mass is 9.88. The molecule has 0 spiro atoms. The summed E-state index contributed by atoms with van der Waals surface area (Å²) in [5, 5.41) is 26.5. The number of nitrogens with one attached hydrogen (secondary N) is 4. The second-order valence-corrected chi connectivity index (χ2v) is 17.5. The number of hydrogen-bond donors (Lipinski definition) is 4. The van der Waals surface area contributed by atoms with Gasteiger partial charge in [-0.1, -0.05) is 108 Å². The molecule has 364 valence electrons. The van der Waals surface area contributed by atoms with Gasteiger partial charge in [-0.3, -0.25) is 29.3 Å². The fraction of sp³-hybridized carbons (Fsp3) is 0.0345. The molecule has 1 aliphatic heterocycles. The third-order valence-electron chi connectivity index (χ3n) is 11.5. The van der Waals surface area contributed by atoms with E-state index in [0.29, 0.717) is 54.2 Å². The number of carbonyl (C=O) groups excluding carboxylic acids is 4. The largest absolute Gasteiger partial charge is 0.482 e. The molecule has 2 aromatic heterocycles. The molecule has 4 N–H and O–H groups in total. The molecule has 0 radical (unpaired) electrons. The van der Waals surface area contributed by atoms with Crippen molar-refractivity contribution in [2.45, 2.75) is 0 Å². The first-order valence-corrected chi connectivity index (χ1v) is 23.5. The van der Waals surface area contributed by atoms with Crippen molar-refractivity contribution in [3.8, 4) is 46.3 Å². The van der Waals surface area contributed by atoms with E-state index in [4.69, 9.17) is 32.7 Å². The van der Waals surface area contributed by atoms with Gasteiger partial charge in [0.25, 0.3) is 29.3 Å². The Morgan fingerprint density at radius 2 is 0.880 bits per heavy atom. The van der Waals surface area contributed by atoms with Crippen LogP contribution in [0.3, 0.4) is 0 Å². The molecule has 3 heterocycles. The van der Waals surface area contributed by atoms with E-state index >= 15 is 0 Å². The van der Waals surface area contributed by atoms with Crippen molar-refractivity contribution in [1.29, 1.82) is 0 Å². The lowest BCUT2D eigenvalue weighted by Gasteiger charge is -2.22. The van der Waals surface area contributed by atoms with E-state index in [1.807, 2.05) is 60.7 Å². The van der Waals surface area contributed by atoms with Crippen LogP contribution in [-0.4, -0.2) is 51.7 Å². The average molecular weight is 1030 g/mol. The van der Waals surface area contributed by atoms with Gasteiger partial charge in [-0.05, 0) is 113 Å². The quantitative estimate of drug-likeness (QED) is 0.0696. The molecule has 0 saturated heterocycles. The molecule has 0 fully saturated rings. The molecular formula is C58H35Cl2N7O8. The highest BCUT2D eigenvalue weighted by Crippen LogP contribution is 2.48. The van der Waals surface area contributed by atoms with E-state index < -0.39 is 47.5 Å². The van der Waals surface area contributed by atoms with Crippen LogP contribution >= 0.6 is 23.2 Å². The summed E-state index contributed by atoms with van der Waals surface area (Å²) >= 11 is 12.5. The van der Waals surface area contributed by atoms with Crippen LogP contribution in [0.15, 0.2) is 164 Å². The third-order valence-corrected chi connectivity index (χ3v) is 12.0. The molecule has 75 heavy (non-hydrogen) atoms. The summed E-state index contributed by atoms with van der Waals surface area (Å²) in [6.07, 6.45) is 0. The number of benzene rings is 7. The molecule has 0 unspecified atom stereocenters. The van der Waals surface area contributed by atoms with Crippen molar-refractivity contribution < 1.29 is 33.6 Å². The lowest BCUT2D eigenvalue weighted by Crippen LogP contribution is -2.22. The number of ether oxygens (including phenoxy) is 2. The molecule has 17 heteroatoms. The van der Waals surface area contributed by atoms with Gasteiger partial charge in [0.15, 0.2) is 13.2 Å². The van der Waals surface area contributed by atoms with E-state index in [9.17, 15) is 29.3 Å². The Balaban J connectivity index is 1.17. The van der Waals surface area contributed by atoms with Gasteiger partial charge in [0.05, 0.1) is 16.1 Å². The Kier molecular flexibility index (Phi) is 13.8. The molecule has 0 atom stereocenters. The first-order valence-electron chi connectivity index (χ1n) is 22.8. The van der Waals surface area contributed by atoms with E-state index in [-0.39, 0.29) is 45.9 Å². The summed E-state index contributed by atoms with van der Waals surface area (Å²) in [4.78, 5) is 75.5. The number of fused-ring (bicyclic) bond motifs is 13. The number of hydrogen-bond acceptors (Lipinski definition) is 10. The molecule has 0 aliphatic carbocycles. The van der Waals surface area contributed by atoms with Crippen molar-refractivity contribution in [3.05, 3.63) is 217 Å². The van der Waals surface area contributed by atoms with Crippen molar-refractivity contribution in [2.24, 2.45) is 0 Å². The molecule has 1 aliphatic rings. The predicted molar refractivity (Wildman–Crippen MR) is 287 cm³/mol. The Morgan fingerprint density at radius 3 is 1.29 bits per heavy atom. The smallest absolute Gasteiger partial charge is 0.271 e. The zero-order chi connectivity index (χ0) is 52.0. The molecule has 15 nitrogen and oxygen atoms in total. The fourth-order valence-electron chi connectivity index (χ4n) is 8.12. The van der Waals surface area contributed by atoms with E-state index in [1.165, 1.54) is 36.4 Å². The number of pyridine rings is 2. The Morgan fingerprint density at radius 1 is 0.480 bits per heavy atom. The van der Waals surface area contributed by atoms with Gasteiger partial charge in [-0.25, -0.2) is 9.97 Å². The molecule has 10 rings (SSSR count). The van der Waals surface area contributed by atoms with Crippen molar-refractivity contribution in [2.75, 3.05) is 34.5 Å². The number of nitrogens with zero attached hydrogens (tertiary/aromatic N) is 3. The van der Waals surface area contributed by atoms with Crippen molar-refractivity contribution in [1.82, 2.24) is 9.97 Å². The Labute approximate surface area is 437 Å². The molecule has 6 bridgehead atoms. The summed E-state index contributed by atoms with van der Waals surface area (Å²) in [5.41, 5.74) is 1.96. The summed E-state index contributed by atoms with van der Waals surface area (Å²) in [7, 11) is 0. The van der Waals surface area contributed by atoms with E-state index in [1.54, 1.807) is 48.5 Å². The number of rotatable bonds is 1. The van der Waals surface area contributed by atoms with Crippen LogP contribution in [-0.2, 0) is 9.59 Å². The number of nitro benzene ring substituents is 1. The van der Waals surface area contributed by atoms with Crippen LogP contribution in [0.2, 0.25) is 10.0 Å². The summed E-state index contributed by atoms with van der Waals surface area (Å²) < 4.78 is 13.3. The van der Waals surface area contributed by atoms with Crippen LogP contribution < -0.4 is 30.7 Å². The minimum Gasteiger partial charge on any atom is -0.482 e. The number of nitro groups is 1. The van der Waals surface area contributed by atoms with Gasteiger partial charge in [-0.2, -0.15) is 0 Å². The first-order chi connectivity index (χ1) is 36.4. The number of halogens is 2. The normalized spacial score (nSPS) is 12.7. The molecule has 7 aromatic carbocycles. The van der Waals surface area contributed by atoms with Crippen LogP contribution in [0.1, 0.15) is 43.0 Å². The van der Waals surface area contributed by atoms with Crippen LogP contribution in [0.5, 0.6) is 11.5 Å². The van der Waals surface area contributed by atoms with Crippen molar-refractivity contribution >= 4 is 97.3 Å². The lowest BCUT2D eigenvalue weighted by molar-refractivity contribution is -0.384. The van der Waals surface area contributed by atoms with Gasteiger partial charge >= 0.3 is 0 Å². The zero-order valence-electron chi connectivity index (χ0n) is 38.9. The SMILES string of the molecule is O=C1COc2c(C#Cc3ccc(Cl)cc3)cc3ccccc3c2-c2c(c(C#Cc3ccc(Cl)cc3)cc3ccccc23)OCC(=O)Nc2cccc(n2)NC(=O)c2cc(cc([N+](=O)[O-])c2)C(=O)Nc2cccc(n2)N1. The first kappa shape index (κ1) is 48.6. The minimum atomic E-state index is -0.842. The Hall–Kier alpha value is -10.1. The van der Waals surface area contributed by atoms with Gasteiger partial charge in [0.2, 0.25) is 0 Å². The summed E-state index contributed by atoms with van der Waals surface area (Å²) in [6.45, 7) is -1.17. The van der Waals surface area contributed by atoms with Crippen LogP contribution in [0.4, 0.5) is 29.0 Å². The van der Waals surface area contributed by atoms with E-state index in [2.05, 4.69) is 54.9 Å². The summed E-state index contributed by atoms with van der Waals surface area (Å²) in [5.74, 6) is 10.4. The number of amides is 4. The maximum absolute atomic E-state index is 14.1. The Bertz CT molecular complexity index is 3710. The standard InChI is InChI=1S/C58H35Cl2N7O8/c59-42-23-17-34(18-24-42)15-21-38-27-36-7-1-3-9-45(36)53-54-46-10-4-2-8-37(46)28-39(22-16-35-19-25-43(60)26-20-35)56(54)75-33-52(69)64-48-12-6-14-50(62-48)66-58(71)41-29-40(30-44(31-41)67(72)73)57(70)65-49-13-5-11-47(61-49)63-51(68)32-74-55(38)53/h1-14,17-20,23-31H,32-33H2,(H2,61,63,65,68,70)(H2,62,64,66,69,71). The zero-order valence-corrected chi connectivity index (χ0v) is 40.4. The minimum absolute atomic E-state index is 0.0224. The summed E-state index contributed by atoms with van der Waals surface area (Å²) in [6, 6.07) is 44.9. The van der Waals surface area contributed by atoms with Crippen LogP contribution in [0, 0.1) is 33.8 Å². The second kappa shape index (κ2) is 21.3. The van der Waals surface area contributed by atoms with Crippen LogP contribution in [0.25, 0.3) is 32.7 Å². The number of aromatic nitrogens is 2. The van der Waals surface area contributed by atoms with Gasteiger partial charge < -0.3 is 30.7 Å². The highest BCUT2D eigenvalue weighted by atomic mass is 35.5. The molecule has 9 aromatic rings. The maximum Gasteiger partial charge on any atom is 0.271 e. The van der Waals surface area contributed by atoms with E-state index in [0.717, 1.165) is 29.0 Å². The maximum atomic E-state index is 14.1. The second-order valence-electron chi connectivity index (χ2n) is 16.6. The highest BCUT2D eigenvalue weighted by Gasteiger charge is 2.26.